The second-order valence-corrected chi connectivity index (χ2v) is 5.95. The molecular weight excluding hydrogens is 266 g/mol. The molecule has 0 atom stereocenters. The van der Waals surface area contributed by atoms with Crippen molar-refractivity contribution in [3.05, 3.63) is 29.3 Å². The predicted octanol–water partition coefficient (Wildman–Crippen LogP) is 0.522. The molecule has 2 aliphatic rings. The van der Waals surface area contributed by atoms with Crippen molar-refractivity contribution < 1.29 is 9.59 Å². The Morgan fingerprint density at radius 2 is 1.86 bits per heavy atom. The fourth-order valence-corrected chi connectivity index (χ4v) is 2.98. The van der Waals surface area contributed by atoms with Crippen LogP contribution < -0.4 is 4.90 Å². The minimum Gasteiger partial charge on any atom is -0.340 e. The normalized spacial score (nSPS) is 19.0. The monoisotopic (exact) mass is 287 g/mol. The molecular formula is C16H21N3O2. The molecule has 5 heteroatoms. The van der Waals surface area contributed by atoms with E-state index in [-0.39, 0.29) is 11.8 Å². The van der Waals surface area contributed by atoms with Crippen LogP contribution in [0.2, 0.25) is 0 Å². The molecule has 0 saturated carbocycles. The Hall–Kier alpha value is -1.88. The topological polar surface area (TPSA) is 43.9 Å². The molecule has 21 heavy (non-hydrogen) atoms. The Kier molecular flexibility index (Phi) is 3.68. The summed E-state index contributed by atoms with van der Waals surface area (Å²) in [6, 6.07) is 5.92. The number of carbonyl (C=O) groups is 2. The van der Waals surface area contributed by atoms with Gasteiger partial charge in [-0.15, -0.1) is 0 Å². The second-order valence-electron chi connectivity index (χ2n) is 5.95. The number of hydrogen-bond acceptors (Lipinski definition) is 3. The first-order valence-electron chi connectivity index (χ1n) is 7.39. The fraction of sp³-hybridized carbons (Fsp3) is 0.500. The van der Waals surface area contributed by atoms with E-state index in [1.165, 1.54) is 0 Å². The van der Waals surface area contributed by atoms with Crippen molar-refractivity contribution in [2.75, 3.05) is 45.2 Å². The first kappa shape index (κ1) is 14.1. The largest absolute Gasteiger partial charge is 0.340 e. The maximum absolute atomic E-state index is 12.3. The molecule has 0 aliphatic carbocycles. The summed E-state index contributed by atoms with van der Waals surface area (Å²) in [5.74, 6) is 0.299. The number of rotatable bonds is 2. The van der Waals surface area contributed by atoms with Crippen molar-refractivity contribution in [1.29, 1.82) is 0 Å². The quantitative estimate of drug-likeness (QED) is 0.796. The highest BCUT2D eigenvalue weighted by molar-refractivity contribution is 6.01. The van der Waals surface area contributed by atoms with Gasteiger partial charge in [-0.1, -0.05) is 12.1 Å². The molecule has 1 aromatic carbocycles. The molecule has 5 nitrogen and oxygen atoms in total. The van der Waals surface area contributed by atoms with Crippen molar-refractivity contribution in [3.8, 4) is 0 Å². The van der Waals surface area contributed by atoms with E-state index in [2.05, 4.69) is 11.9 Å². The fourth-order valence-electron chi connectivity index (χ4n) is 2.98. The zero-order valence-electron chi connectivity index (χ0n) is 12.6. The molecule has 1 fully saturated rings. The Morgan fingerprint density at radius 1 is 1.14 bits per heavy atom. The van der Waals surface area contributed by atoms with E-state index in [1.807, 2.05) is 23.1 Å². The molecule has 2 heterocycles. The van der Waals surface area contributed by atoms with Gasteiger partial charge in [-0.2, -0.15) is 0 Å². The summed E-state index contributed by atoms with van der Waals surface area (Å²) in [5.41, 5.74) is 3.00. The van der Waals surface area contributed by atoms with Gasteiger partial charge in [0.25, 0.3) is 0 Å². The minimum absolute atomic E-state index is 0.118. The standard InChI is InChI=1S/C16H21N3O2/c1-17-5-7-19(8-6-17)16(21)10-12-3-4-14-13(9-12)11-15(20)18(14)2/h3-4,9H,5-8,10-11H2,1-2H3. The van der Waals surface area contributed by atoms with Crippen LogP contribution in [0.5, 0.6) is 0 Å². The summed E-state index contributed by atoms with van der Waals surface area (Å²) in [5, 5.41) is 0. The van der Waals surface area contributed by atoms with Crippen LogP contribution in [0.25, 0.3) is 0 Å². The highest BCUT2D eigenvalue weighted by Crippen LogP contribution is 2.28. The van der Waals surface area contributed by atoms with E-state index in [9.17, 15) is 9.59 Å². The van der Waals surface area contributed by atoms with Crippen LogP contribution in [0, 0.1) is 0 Å². The number of hydrogen-bond donors (Lipinski definition) is 0. The van der Waals surface area contributed by atoms with Crippen molar-refractivity contribution in [2.24, 2.45) is 0 Å². The van der Waals surface area contributed by atoms with Crippen LogP contribution >= 0.6 is 0 Å². The molecule has 1 saturated heterocycles. The molecule has 112 valence electrons. The third kappa shape index (κ3) is 2.78. The molecule has 3 rings (SSSR count). The first-order valence-corrected chi connectivity index (χ1v) is 7.39. The summed E-state index contributed by atoms with van der Waals surface area (Å²) in [6.07, 6.45) is 0.872. The van der Waals surface area contributed by atoms with Crippen LogP contribution in [0.3, 0.4) is 0 Å². The van der Waals surface area contributed by atoms with Crippen LogP contribution in [0.15, 0.2) is 18.2 Å². The smallest absolute Gasteiger partial charge is 0.231 e. The number of benzene rings is 1. The number of amides is 2. The molecule has 0 aromatic heterocycles. The van der Waals surface area contributed by atoms with Crippen LogP contribution in [-0.4, -0.2) is 61.9 Å². The van der Waals surface area contributed by atoms with Gasteiger partial charge in [-0.05, 0) is 24.2 Å². The SMILES string of the molecule is CN1CCN(C(=O)Cc2ccc3c(c2)CC(=O)N3C)CC1. The molecule has 0 N–H and O–H groups in total. The van der Waals surface area contributed by atoms with E-state index < -0.39 is 0 Å². The van der Waals surface area contributed by atoms with Crippen LogP contribution in [0.1, 0.15) is 11.1 Å². The molecule has 0 radical (unpaired) electrons. The molecule has 1 aromatic rings. The average Bonchev–Trinajstić information content (AvgIpc) is 2.74. The van der Waals surface area contributed by atoms with Crippen LogP contribution in [0.4, 0.5) is 5.69 Å². The van der Waals surface area contributed by atoms with E-state index in [0.717, 1.165) is 43.0 Å². The first-order chi connectivity index (χ1) is 10.0. The Bertz CT molecular complexity index is 577. The van der Waals surface area contributed by atoms with Gasteiger partial charge in [0.2, 0.25) is 11.8 Å². The van der Waals surface area contributed by atoms with Gasteiger partial charge in [0.15, 0.2) is 0 Å². The highest BCUT2D eigenvalue weighted by atomic mass is 16.2. The molecule has 2 aliphatic heterocycles. The molecule has 0 bridgehead atoms. The summed E-state index contributed by atoms with van der Waals surface area (Å²) < 4.78 is 0. The maximum Gasteiger partial charge on any atom is 0.231 e. The van der Waals surface area contributed by atoms with Gasteiger partial charge in [-0.25, -0.2) is 0 Å². The van der Waals surface area contributed by atoms with E-state index in [0.29, 0.717) is 12.8 Å². The van der Waals surface area contributed by atoms with Gasteiger partial charge in [-0.3, -0.25) is 9.59 Å². The van der Waals surface area contributed by atoms with Gasteiger partial charge < -0.3 is 14.7 Å². The summed E-state index contributed by atoms with van der Waals surface area (Å²) in [6.45, 7) is 3.49. The van der Waals surface area contributed by atoms with Gasteiger partial charge in [0.1, 0.15) is 0 Å². The third-order valence-corrected chi connectivity index (χ3v) is 4.43. The highest BCUT2D eigenvalue weighted by Gasteiger charge is 2.25. The zero-order valence-corrected chi connectivity index (χ0v) is 12.6. The van der Waals surface area contributed by atoms with Crippen molar-refractivity contribution >= 4 is 17.5 Å². The van der Waals surface area contributed by atoms with Gasteiger partial charge in [0, 0.05) is 38.9 Å². The summed E-state index contributed by atoms with van der Waals surface area (Å²) >= 11 is 0. The lowest BCUT2D eigenvalue weighted by Gasteiger charge is -2.32. The molecule has 2 amide bonds. The number of piperazine rings is 1. The summed E-state index contributed by atoms with van der Waals surface area (Å²) in [4.78, 5) is 29.9. The summed E-state index contributed by atoms with van der Waals surface area (Å²) in [7, 11) is 3.87. The second kappa shape index (κ2) is 5.48. The minimum atomic E-state index is 0.118. The van der Waals surface area contributed by atoms with Crippen molar-refractivity contribution in [1.82, 2.24) is 9.80 Å². The number of nitrogens with zero attached hydrogens (tertiary/aromatic N) is 3. The molecule has 0 spiro atoms. The van der Waals surface area contributed by atoms with E-state index >= 15 is 0 Å². The maximum atomic E-state index is 12.3. The van der Waals surface area contributed by atoms with Crippen molar-refractivity contribution in [3.63, 3.8) is 0 Å². The third-order valence-electron chi connectivity index (χ3n) is 4.43. The van der Waals surface area contributed by atoms with E-state index in [1.54, 1.807) is 11.9 Å². The van der Waals surface area contributed by atoms with Crippen LogP contribution in [-0.2, 0) is 22.4 Å². The Balaban J connectivity index is 1.67. The van der Waals surface area contributed by atoms with Gasteiger partial charge >= 0.3 is 0 Å². The lowest BCUT2D eigenvalue weighted by atomic mass is 10.1. The number of carbonyl (C=O) groups excluding carboxylic acids is 2. The van der Waals surface area contributed by atoms with Crippen molar-refractivity contribution in [2.45, 2.75) is 12.8 Å². The Labute approximate surface area is 125 Å². The molecule has 0 unspecified atom stereocenters. The van der Waals surface area contributed by atoms with E-state index in [4.69, 9.17) is 0 Å². The number of fused-ring (bicyclic) bond motifs is 1. The zero-order chi connectivity index (χ0) is 15.0. The lowest BCUT2D eigenvalue weighted by Crippen LogP contribution is -2.47. The number of anilines is 1. The Morgan fingerprint density at radius 3 is 2.57 bits per heavy atom. The number of likely N-dealkylation sites (N-methyl/N-ethyl adjacent to an activating group) is 2. The lowest BCUT2D eigenvalue weighted by molar-refractivity contribution is -0.132. The van der Waals surface area contributed by atoms with Gasteiger partial charge in [0.05, 0.1) is 12.8 Å². The predicted molar refractivity (Wildman–Crippen MR) is 81.3 cm³/mol. The average molecular weight is 287 g/mol.